The van der Waals surface area contributed by atoms with Gasteiger partial charge in [0.05, 0.1) is 5.52 Å². The topological polar surface area (TPSA) is 19.4 Å². The maximum atomic E-state index is 6.15. The van der Waals surface area contributed by atoms with Crippen LogP contribution in [0.2, 0.25) is 5.02 Å². The van der Waals surface area contributed by atoms with Crippen molar-refractivity contribution in [1.29, 1.82) is 0 Å². The summed E-state index contributed by atoms with van der Waals surface area (Å²) in [6, 6.07) is 18.6. The lowest BCUT2D eigenvalue weighted by molar-refractivity contribution is 0.284. The molecule has 0 N–H and O–H groups in total. The summed E-state index contributed by atoms with van der Waals surface area (Å²) in [5, 5.41) is 1.91. The highest BCUT2D eigenvalue weighted by atomic mass is 35.5. The maximum absolute atomic E-state index is 6.15. The Morgan fingerprint density at radius 1 is 1.00 bits per heavy atom. The number of fused-ring (bicyclic) bond motifs is 1. The molecule has 3 aromatic rings. The van der Waals surface area contributed by atoms with E-state index in [9.17, 15) is 0 Å². The molecular formula is C23H24ClN3. The van der Waals surface area contributed by atoms with Crippen LogP contribution in [0.15, 0.2) is 60.7 Å². The van der Waals surface area contributed by atoms with Gasteiger partial charge in [-0.25, -0.2) is 4.98 Å². The molecule has 1 saturated heterocycles. The van der Waals surface area contributed by atoms with Crippen molar-refractivity contribution in [3.63, 3.8) is 0 Å². The number of nitrogens with zero attached hydrogens (tertiary/aromatic N) is 3. The fourth-order valence-corrected chi connectivity index (χ4v) is 3.75. The summed E-state index contributed by atoms with van der Waals surface area (Å²) in [4.78, 5) is 9.72. The molecule has 4 rings (SSSR count). The van der Waals surface area contributed by atoms with Crippen molar-refractivity contribution < 1.29 is 0 Å². The van der Waals surface area contributed by atoms with Gasteiger partial charge in [0.2, 0.25) is 0 Å². The normalized spacial score (nSPS) is 15.7. The van der Waals surface area contributed by atoms with Crippen LogP contribution in [0.3, 0.4) is 0 Å². The second-order valence-corrected chi connectivity index (χ2v) is 7.50. The molecule has 27 heavy (non-hydrogen) atoms. The standard InChI is InChI=1S/C23H24ClN3/c1-18-16-23(25-22-17-20(24)9-10-21(18)22)27-14-12-26(13-15-27)11-5-8-19-6-3-2-4-7-19/h2-10,16-17H,11-15H2,1H3. The van der Waals surface area contributed by atoms with Gasteiger partial charge in [0.15, 0.2) is 0 Å². The summed E-state index contributed by atoms with van der Waals surface area (Å²) in [7, 11) is 0. The Morgan fingerprint density at radius 2 is 1.78 bits per heavy atom. The molecule has 138 valence electrons. The first-order valence-electron chi connectivity index (χ1n) is 9.45. The van der Waals surface area contributed by atoms with Gasteiger partial charge in [-0.15, -0.1) is 0 Å². The van der Waals surface area contributed by atoms with Gasteiger partial charge in [-0.05, 0) is 36.2 Å². The molecule has 1 fully saturated rings. The second kappa shape index (κ2) is 8.12. The molecule has 0 amide bonds. The van der Waals surface area contributed by atoms with E-state index in [0.717, 1.165) is 49.1 Å². The van der Waals surface area contributed by atoms with Crippen LogP contribution in [0.1, 0.15) is 11.1 Å². The zero-order chi connectivity index (χ0) is 18.6. The molecule has 2 aromatic carbocycles. The van der Waals surface area contributed by atoms with E-state index in [1.807, 2.05) is 18.2 Å². The molecule has 0 unspecified atom stereocenters. The highest BCUT2D eigenvalue weighted by Gasteiger charge is 2.18. The summed E-state index contributed by atoms with van der Waals surface area (Å²) < 4.78 is 0. The number of rotatable bonds is 4. The third-order valence-corrected chi connectivity index (χ3v) is 5.37. The van der Waals surface area contributed by atoms with Gasteiger partial charge in [-0.2, -0.15) is 0 Å². The third-order valence-electron chi connectivity index (χ3n) is 5.13. The number of aromatic nitrogens is 1. The fourth-order valence-electron chi connectivity index (χ4n) is 3.58. The Labute approximate surface area is 165 Å². The number of halogens is 1. The van der Waals surface area contributed by atoms with Crippen LogP contribution in [0, 0.1) is 6.92 Å². The zero-order valence-electron chi connectivity index (χ0n) is 15.6. The van der Waals surface area contributed by atoms with Crippen molar-refractivity contribution in [3.05, 3.63) is 76.8 Å². The van der Waals surface area contributed by atoms with Gasteiger partial charge in [0, 0.05) is 43.1 Å². The van der Waals surface area contributed by atoms with Crippen LogP contribution >= 0.6 is 11.6 Å². The lowest BCUT2D eigenvalue weighted by atomic mass is 10.1. The van der Waals surface area contributed by atoms with Crippen molar-refractivity contribution in [2.45, 2.75) is 6.92 Å². The smallest absolute Gasteiger partial charge is 0.129 e. The van der Waals surface area contributed by atoms with E-state index in [-0.39, 0.29) is 0 Å². The van der Waals surface area contributed by atoms with Gasteiger partial charge >= 0.3 is 0 Å². The lowest BCUT2D eigenvalue weighted by Gasteiger charge is -2.35. The molecule has 1 aliphatic rings. The number of anilines is 1. The largest absolute Gasteiger partial charge is 0.354 e. The molecule has 4 heteroatoms. The molecule has 0 atom stereocenters. The maximum Gasteiger partial charge on any atom is 0.129 e. The molecule has 1 aromatic heterocycles. The lowest BCUT2D eigenvalue weighted by Crippen LogP contribution is -2.46. The van der Waals surface area contributed by atoms with Crippen LogP contribution in [-0.2, 0) is 0 Å². The quantitative estimate of drug-likeness (QED) is 0.635. The van der Waals surface area contributed by atoms with Crippen molar-refractivity contribution in [1.82, 2.24) is 9.88 Å². The van der Waals surface area contributed by atoms with E-state index >= 15 is 0 Å². The molecule has 0 aliphatic carbocycles. The minimum Gasteiger partial charge on any atom is -0.354 e. The van der Waals surface area contributed by atoms with Crippen LogP contribution in [0.25, 0.3) is 17.0 Å². The first kappa shape index (κ1) is 18.0. The van der Waals surface area contributed by atoms with E-state index in [2.05, 4.69) is 65.3 Å². The van der Waals surface area contributed by atoms with Crippen molar-refractivity contribution in [2.75, 3.05) is 37.6 Å². The Balaban J connectivity index is 1.39. The van der Waals surface area contributed by atoms with Crippen molar-refractivity contribution in [3.8, 4) is 0 Å². The third kappa shape index (κ3) is 4.32. The molecule has 3 nitrogen and oxygen atoms in total. The second-order valence-electron chi connectivity index (χ2n) is 7.06. The number of hydrogen-bond donors (Lipinski definition) is 0. The Kier molecular flexibility index (Phi) is 5.42. The molecule has 0 spiro atoms. The van der Waals surface area contributed by atoms with Crippen LogP contribution in [-0.4, -0.2) is 42.6 Å². The average molecular weight is 378 g/mol. The van der Waals surface area contributed by atoms with E-state index in [1.54, 1.807) is 0 Å². The van der Waals surface area contributed by atoms with Gasteiger partial charge in [-0.3, -0.25) is 4.90 Å². The van der Waals surface area contributed by atoms with Gasteiger partial charge in [-0.1, -0.05) is 60.2 Å². The number of aryl methyl sites for hydroxylation is 1. The molecule has 0 saturated carbocycles. The summed E-state index contributed by atoms with van der Waals surface area (Å²) >= 11 is 6.15. The Bertz CT molecular complexity index is 944. The predicted octanol–water partition coefficient (Wildman–Crippen LogP) is 5.03. The first-order valence-corrected chi connectivity index (χ1v) is 9.83. The van der Waals surface area contributed by atoms with Crippen LogP contribution in [0.4, 0.5) is 5.82 Å². The van der Waals surface area contributed by atoms with Crippen molar-refractivity contribution >= 4 is 34.4 Å². The highest BCUT2D eigenvalue weighted by molar-refractivity contribution is 6.31. The Morgan fingerprint density at radius 3 is 2.56 bits per heavy atom. The van der Waals surface area contributed by atoms with E-state index in [0.29, 0.717) is 0 Å². The molecule has 0 bridgehead atoms. The van der Waals surface area contributed by atoms with E-state index < -0.39 is 0 Å². The molecule has 0 radical (unpaired) electrons. The van der Waals surface area contributed by atoms with E-state index in [4.69, 9.17) is 16.6 Å². The molecule has 2 heterocycles. The predicted molar refractivity (Wildman–Crippen MR) is 116 cm³/mol. The number of piperazine rings is 1. The SMILES string of the molecule is Cc1cc(N2CCN(CC=Cc3ccccc3)CC2)nc2cc(Cl)ccc12. The molecular weight excluding hydrogens is 354 g/mol. The average Bonchev–Trinajstić information content (AvgIpc) is 2.69. The summed E-state index contributed by atoms with van der Waals surface area (Å²) in [5.41, 5.74) is 3.48. The Hall–Kier alpha value is -2.36. The summed E-state index contributed by atoms with van der Waals surface area (Å²) in [6.45, 7) is 7.23. The highest BCUT2D eigenvalue weighted by Crippen LogP contribution is 2.25. The summed E-state index contributed by atoms with van der Waals surface area (Å²) in [5.74, 6) is 1.06. The first-order chi connectivity index (χ1) is 13.2. The van der Waals surface area contributed by atoms with Gasteiger partial charge in [0.25, 0.3) is 0 Å². The monoisotopic (exact) mass is 377 g/mol. The number of pyridine rings is 1. The molecule has 1 aliphatic heterocycles. The fraction of sp³-hybridized carbons (Fsp3) is 0.261. The van der Waals surface area contributed by atoms with Crippen LogP contribution < -0.4 is 4.90 Å². The summed E-state index contributed by atoms with van der Waals surface area (Å²) in [6.07, 6.45) is 4.45. The van der Waals surface area contributed by atoms with Crippen molar-refractivity contribution in [2.24, 2.45) is 0 Å². The van der Waals surface area contributed by atoms with Gasteiger partial charge in [0.1, 0.15) is 5.82 Å². The van der Waals surface area contributed by atoms with Gasteiger partial charge < -0.3 is 4.90 Å². The zero-order valence-corrected chi connectivity index (χ0v) is 16.4. The van der Waals surface area contributed by atoms with Crippen LogP contribution in [0.5, 0.6) is 0 Å². The van der Waals surface area contributed by atoms with E-state index in [1.165, 1.54) is 16.5 Å². The minimum absolute atomic E-state index is 0.738. The number of benzene rings is 2. The number of hydrogen-bond acceptors (Lipinski definition) is 3. The minimum atomic E-state index is 0.738.